The predicted octanol–water partition coefficient (Wildman–Crippen LogP) is 1.03. The van der Waals surface area contributed by atoms with E-state index >= 15 is 0 Å². The zero-order valence-electron chi connectivity index (χ0n) is 15.0. The molecule has 0 N–H and O–H groups in total. The van der Waals surface area contributed by atoms with Gasteiger partial charge in [-0.2, -0.15) is 0 Å². The highest BCUT2D eigenvalue weighted by atomic mass is 28.2. The molecular formula is C16H35N3O2Si. The van der Waals surface area contributed by atoms with Gasteiger partial charge in [-0.05, 0) is 40.9 Å². The molecule has 1 aliphatic heterocycles. The van der Waals surface area contributed by atoms with E-state index in [1.807, 2.05) is 13.8 Å². The van der Waals surface area contributed by atoms with Crippen LogP contribution in [0.4, 0.5) is 0 Å². The van der Waals surface area contributed by atoms with E-state index in [2.05, 4.69) is 28.8 Å². The Labute approximate surface area is 139 Å². The largest absolute Gasteiger partial charge is 0.357 e. The first-order valence-corrected chi connectivity index (χ1v) is 10.00. The lowest BCUT2D eigenvalue weighted by Gasteiger charge is -2.35. The second-order valence-electron chi connectivity index (χ2n) is 6.04. The smallest absolute Gasteiger partial charge is 0.137 e. The van der Waals surface area contributed by atoms with Crippen molar-refractivity contribution in [3.63, 3.8) is 0 Å². The minimum absolute atomic E-state index is 0.0258. The molecule has 2 radical (unpaired) electrons. The van der Waals surface area contributed by atoms with Crippen LogP contribution >= 0.6 is 0 Å². The summed E-state index contributed by atoms with van der Waals surface area (Å²) < 4.78 is 11.2. The molecule has 1 saturated heterocycles. The van der Waals surface area contributed by atoms with Crippen molar-refractivity contribution in [1.29, 1.82) is 0 Å². The van der Waals surface area contributed by atoms with Gasteiger partial charge in [0.05, 0.1) is 0 Å². The third-order valence-electron chi connectivity index (χ3n) is 3.93. The fourth-order valence-corrected chi connectivity index (χ4v) is 3.74. The first-order chi connectivity index (χ1) is 10.7. The summed E-state index contributed by atoms with van der Waals surface area (Å²) in [5.41, 5.74) is 0. The number of likely N-dealkylation sites (N-methyl/N-ethyl adjacent to an activating group) is 1. The van der Waals surface area contributed by atoms with Gasteiger partial charge in [0.15, 0.2) is 0 Å². The van der Waals surface area contributed by atoms with Gasteiger partial charge in [-0.1, -0.05) is 6.04 Å². The molecule has 0 atom stereocenters. The number of hydrogen-bond acceptors (Lipinski definition) is 5. The van der Waals surface area contributed by atoms with Crippen LogP contribution in [0.3, 0.4) is 0 Å². The number of rotatable bonds is 12. The summed E-state index contributed by atoms with van der Waals surface area (Å²) in [5, 5.41) is 0. The summed E-state index contributed by atoms with van der Waals surface area (Å²) >= 11 is 0. The Morgan fingerprint density at radius 3 is 2.00 bits per heavy atom. The topological polar surface area (TPSA) is 28.2 Å². The number of ether oxygens (including phenoxy) is 2. The SMILES string of the molecule is CCOC(OCC)[Si]CCCN1CCN(CCN(C)C)CC1. The van der Waals surface area contributed by atoms with Gasteiger partial charge >= 0.3 is 0 Å². The van der Waals surface area contributed by atoms with Crippen LogP contribution in [-0.4, -0.2) is 103 Å². The molecule has 0 amide bonds. The van der Waals surface area contributed by atoms with Crippen LogP contribution in [0.15, 0.2) is 0 Å². The van der Waals surface area contributed by atoms with Crippen LogP contribution in [0.2, 0.25) is 6.04 Å². The molecule has 0 bridgehead atoms. The molecule has 130 valence electrons. The highest BCUT2D eigenvalue weighted by Crippen LogP contribution is 2.05. The van der Waals surface area contributed by atoms with Gasteiger partial charge in [-0.15, -0.1) is 0 Å². The molecule has 0 unspecified atom stereocenters. The van der Waals surface area contributed by atoms with Crippen LogP contribution in [0.5, 0.6) is 0 Å². The quantitative estimate of drug-likeness (QED) is 0.303. The third-order valence-corrected chi connectivity index (χ3v) is 5.24. The van der Waals surface area contributed by atoms with Crippen molar-refractivity contribution in [2.45, 2.75) is 32.2 Å². The second-order valence-corrected chi connectivity index (χ2v) is 7.42. The van der Waals surface area contributed by atoms with Crippen molar-refractivity contribution in [2.75, 3.05) is 73.1 Å². The molecular weight excluding hydrogens is 294 g/mol. The number of hydrogen-bond donors (Lipinski definition) is 0. The molecule has 0 spiro atoms. The van der Waals surface area contributed by atoms with Gasteiger partial charge in [-0.25, -0.2) is 0 Å². The Morgan fingerprint density at radius 1 is 0.955 bits per heavy atom. The predicted molar refractivity (Wildman–Crippen MR) is 93.7 cm³/mol. The fourth-order valence-electron chi connectivity index (χ4n) is 2.57. The summed E-state index contributed by atoms with van der Waals surface area (Å²) in [4.78, 5) is 7.45. The summed E-state index contributed by atoms with van der Waals surface area (Å²) in [6, 6.07) is 1.21. The molecule has 22 heavy (non-hydrogen) atoms. The Hall–Kier alpha value is 0.0169. The zero-order chi connectivity index (χ0) is 16.2. The number of nitrogens with zero attached hydrogens (tertiary/aromatic N) is 3. The lowest BCUT2D eigenvalue weighted by atomic mass is 10.3. The first kappa shape index (κ1) is 20.1. The van der Waals surface area contributed by atoms with E-state index in [4.69, 9.17) is 9.47 Å². The Bertz CT molecular complexity index is 256. The Kier molecular flexibility index (Phi) is 11.3. The molecule has 1 heterocycles. The summed E-state index contributed by atoms with van der Waals surface area (Å²) in [6.07, 6.45) is 1.26. The lowest BCUT2D eigenvalue weighted by Crippen LogP contribution is -2.48. The Morgan fingerprint density at radius 2 is 1.50 bits per heavy atom. The summed E-state index contributed by atoms with van der Waals surface area (Å²) in [5.74, 6) is 0.0258. The van der Waals surface area contributed by atoms with Crippen molar-refractivity contribution < 1.29 is 9.47 Å². The molecule has 1 aliphatic rings. The van der Waals surface area contributed by atoms with Gasteiger partial charge in [0.2, 0.25) is 0 Å². The molecule has 0 saturated carbocycles. The van der Waals surface area contributed by atoms with Crippen molar-refractivity contribution in [3.05, 3.63) is 0 Å². The molecule has 0 aliphatic carbocycles. The van der Waals surface area contributed by atoms with Crippen LogP contribution in [0, 0.1) is 0 Å². The standard InChI is InChI=1S/C16H35N3O2Si/c1-5-20-16(21-6-2)22-15-7-8-18-11-13-19(14-12-18)10-9-17(3)4/h16H,5-15H2,1-4H3. The average molecular weight is 330 g/mol. The maximum Gasteiger partial charge on any atom is 0.137 e. The van der Waals surface area contributed by atoms with Crippen molar-refractivity contribution in [2.24, 2.45) is 0 Å². The highest BCUT2D eigenvalue weighted by molar-refractivity contribution is 6.36. The molecule has 0 aromatic rings. The van der Waals surface area contributed by atoms with E-state index in [-0.39, 0.29) is 5.91 Å². The lowest BCUT2D eigenvalue weighted by molar-refractivity contribution is -0.0828. The molecule has 5 nitrogen and oxygen atoms in total. The highest BCUT2D eigenvalue weighted by Gasteiger charge is 2.16. The van der Waals surface area contributed by atoms with E-state index in [0.29, 0.717) is 0 Å². The first-order valence-electron chi connectivity index (χ1n) is 8.71. The van der Waals surface area contributed by atoms with E-state index in [0.717, 1.165) is 29.3 Å². The van der Waals surface area contributed by atoms with Crippen LogP contribution in [0.25, 0.3) is 0 Å². The molecule has 6 heteroatoms. The van der Waals surface area contributed by atoms with Gasteiger partial charge in [0.1, 0.15) is 15.4 Å². The number of piperazine rings is 1. The van der Waals surface area contributed by atoms with E-state index in [1.165, 1.54) is 51.7 Å². The van der Waals surface area contributed by atoms with Gasteiger partial charge in [0, 0.05) is 52.5 Å². The van der Waals surface area contributed by atoms with Gasteiger partial charge < -0.3 is 19.3 Å². The molecule has 1 rings (SSSR count). The maximum atomic E-state index is 5.60. The zero-order valence-corrected chi connectivity index (χ0v) is 16.0. The van der Waals surface area contributed by atoms with Crippen molar-refractivity contribution >= 4 is 9.52 Å². The summed E-state index contributed by atoms with van der Waals surface area (Å²) in [6.45, 7) is 14.0. The van der Waals surface area contributed by atoms with Crippen LogP contribution in [0.1, 0.15) is 20.3 Å². The van der Waals surface area contributed by atoms with Gasteiger partial charge in [-0.3, -0.25) is 4.90 Å². The third kappa shape index (κ3) is 9.22. The fraction of sp³-hybridized carbons (Fsp3) is 1.00. The monoisotopic (exact) mass is 329 g/mol. The van der Waals surface area contributed by atoms with Gasteiger partial charge in [0.25, 0.3) is 0 Å². The average Bonchev–Trinajstić information content (AvgIpc) is 2.51. The summed E-state index contributed by atoms with van der Waals surface area (Å²) in [7, 11) is 5.06. The van der Waals surface area contributed by atoms with Crippen molar-refractivity contribution in [1.82, 2.24) is 14.7 Å². The minimum Gasteiger partial charge on any atom is -0.357 e. The maximum absolute atomic E-state index is 5.60. The van der Waals surface area contributed by atoms with E-state index < -0.39 is 0 Å². The molecule has 0 aromatic carbocycles. The molecule has 1 fully saturated rings. The van der Waals surface area contributed by atoms with E-state index in [9.17, 15) is 0 Å². The Balaban J connectivity index is 2.04. The van der Waals surface area contributed by atoms with Crippen LogP contribution in [-0.2, 0) is 9.47 Å². The van der Waals surface area contributed by atoms with E-state index in [1.54, 1.807) is 0 Å². The molecule has 0 aromatic heterocycles. The normalized spacial score (nSPS) is 17.7. The van der Waals surface area contributed by atoms with Crippen LogP contribution < -0.4 is 0 Å². The van der Waals surface area contributed by atoms with Crippen molar-refractivity contribution in [3.8, 4) is 0 Å². The second kappa shape index (κ2) is 12.4. The minimum atomic E-state index is 0.0258.